The molecule has 0 saturated carbocycles. The summed E-state index contributed by atoms with van der Waals surface area (Å²) in [5.74, 6) is 2.30. The molecule has 0 spiro atoms. The second kappa shape index (κ2) is 9.71. The lowest BCUT2D eigenvalue weighted by Crippen LogP contribution is -2.39. The highest BCUT2D eigenvalue weighted by molar-refractivity contribution is 5.83. The monoisotopic (exact) mass is 435 g/mol. The highest BCUT2D eigenvalue weighted by Crippen LogP contribution is 2.29. The fourth-order valence-corrected chi connectivity index (χ4v) is 4.37. The van der Waals surface area contributed by atoms with E-state index in [4.69, 9.17) is 18.9 Å². The average molecular weight is 436 g/mol. The van der Waals surface area contributed by atoms with E-state index in [1.807, 2.05) is 12.1 Å². The second-order valence-corrected chi connectivity index (χ2v) is 8.33. The molecule has 7 heteroatoms. The topological polar surface area (TPSA) is 74.7 Å². The molecule has 7 nitrogen and oxygen atoms in total. The summed E-state index contributed by atoms with van der Waals surface area (Å²) in [6.45, 7) is 2.59. The molecule has 2 aliphatic rings. The molecule has 0 amide bonds. The molecule has 2 aliphatic heterocycles. The van der Waals surface area contributed by atoms with Crippen LogP contribution >= 0.6 is 0 Å². The lowest BCUT2D eigenvalue weighted by molar-refractivity contribution is -0.00701. The van der Waals surface area contributed by atoms with Gasteiger partial charge in [0.2, 0.25) is 0 Å². The molecule has 2 atom stereocenters. The van der Waals surface area contributed by atoms with Gasteiger partial charge in [0.1, 0.15) is 19.0 Å². The van der Waals surface area contributed by atoms with E-state index in [9.17, 15) is 0 Å². The summed E-state index contributed by atoms with van der Waals surface area (Å²) in [5, 5.41) is 4.73. The predicted molar refractivity (Wildman–Crippen MR) is 121 cm³/mol. The van der Waals surface area contributed by atoms with E-state index in [1.54, 1.807) is 19.5 Å². The maximum Gasteiger partial charge on any atom is 0.179 e. The van der Waals surface area contributed by atoms with E-state index in [0.29, 0.717) is 25.8 Å². The van der Waals surface area contributed by atoms with Crippen molar-refractivity contribution in [2.75, 3.05) is 26.9 Å². The third-order valence-electron chi connectivity index (χ3n) is 6.19. The number of hydrogen-bond acceptors (Lipinski definition) is 7. The van der Waals surface area contributed by atoms with Crippen LogP contribution < -0.4 is 19.5 Å². The highest BCUT2D eigenvalue weighted by atomic mass is 16.6. The molecular formula is C25H29N3O4. The molecule has 1 saturated heterocycles. The Morgan fingerprint density at radius 1 is 1.06 bits per heavy atom. The van der Waals surface area contributed by atoms with Crippen molar-refractivity contribution in [3.63, 3.8) is 0 Å². The Kier molecular flexibility index (Phi) is 6.36. The maximum absolute atomic E-state index is 6.18. The number of methoxy groups -OCH3 is 1. The summed E-state index contributed by atoms with van der Waals surface area (Å²) in [7, 11) is 1.68. The van der Waals surface area contributed by atoms with Crippen molar-refractivity contribution >= 4 is 10.9 Å². The van der Waals surface area contributed by atoms with Crippen LogP contribution in [0.25, 0.3) is 10.9 Å². The average Bonchev–Trinajstić information content (AvgIpc) is 2.86. The molecule has 4 heterocycles. The summed E-state index contributed by atoms with van der Waals surface area (Å²) < 4.78 is 22.7. The number of hydrogen-bond donors (Lipinski definition) is 1. The van der Waals surface area contributed by atoms with Crippen LogP contribution in [-0.4, -0.2) is 49.0 Å². The second-order valence-electron chi connectivity index (χ2n) is 8.33. The van der Waals surface area contributed by atoms with E-state index in [-0.39, 0.29) is 6.10 Å². The number of nitrogens with zero attached hydrogens (tertiary/aromatic N) is 2. The summed E-state index contributed by atoms with van der Waals surface area (Å²) in [4.78, 5) is 8.97. The molecule has 2 aromatic heterocycles. The van der Waals surface area contributed by atoms with Crippen LogP contribution in [0.1, 0.15) is 30.5 Å². The standard InChI is InChI=1S/C25H29N3O4/c1-29-21-12-22-17(3-2-4-23(22)28-14-21)5-7-20-8-6-18(16-32-20)26-13-19-11-24-25(15-27-19)31-10-9-30-24/h2-4,11-12,14-15,18,20,26H,5-10,13,16H2,1H3/t18-,20+/m1/s1. The quantitative estimate of drug-likeness (QED) is 0.607. The van der Waals surface area contributed by atoms with E-state index in [0.717, 1.165) is 66.1 Å². The van der Waals surface area contributed by atoms with Gasteiger partial charge in [-0.15, -0.1) is 0 Å². The number of nitrogens with one attached hydrogen (secondary N) is 1. The molecule has 168 valence electrons. The number of aromatic nitrogens is 2. The lowest BCUT2D eigenvalue weighted by Gasteiger charge is -2.30. The third-order valence-corrected chi connectivity index (χ3v) is 6.19. The van der Waals surface area contributed by atoms with Crippen LogP contribution in [0, 0.1) is 0 Å². The van der Waals surface area contributed by atoms with Crippen molar-refractivity contribution in [1.29, 1.82) is 0 Å². The smallest absolute Gasteiger partial charge is 0.179 e. The van der Waals surface area contributed by atoms with Gasteiger partial charge in [-0.25, -0.2) is 0 Å². The van der Waals surface area contributed by atoms with Crippen LogP contribution in [0.4, 0.5) is 0 Å². The van der Waals surface area contributed by atoms with Gasteiger partial charge >= 0.3 is 0 Å². The zero-order valence-electron chi connectivity index (χ0n) is 18.4. The van der Waals surface area contributed by atoms with Gasteiger partial charge in [0.15, 0.2) is 11.5 Å². The van der Waals surface area contributed by atoms with E-state index in [1.165, 1.54) is 5.56 Å². The maximum atomic E-state index is 6.18. The van der Waals surface area contributed by atoms with Crippen molar-refractivity contribution in [1.82, 2.24) is 15.3 Å². The highest BCUT2D eigenvalue weighted by Gasteiger charge is 2.22. The number of aryl methyl sites for hydroxylation is 1. The van der Waals surface area contributed by atoms with Crippen molar-refractivity contribution < 1.29 is 18.9 Å². The van der Waals surface area contributed by atoms with Crippen LogP contribution in [0.5, 0.6) is 17.2 Å². The number of rotatable bonds is 7. The molecule has 3 aromatic rings. The first-order valence-corrected chi connectivity index (χ1v) is 11.3. The molecule has 0 bridgehead atoms. The van der Waals surface area contributed by atoms with E-state index in [2.05, 4.69) is 33.5 Å². The predicted octanol–water partition coefficient (Wildman–Crippen LogP) is 3.68. The Morgan fingerprint density at radius 3 is 2.81 bits per heavy atom. The van der Waals surface area contributed by atoms with Crippen LogP contribution in [0.3, 0.4) is 0 Å². The third kappa shape index (κ3) is 4.79. The van der Waals surface area contributed by atoms with Crippen LogP contribution in [-0.2, 0) is 17.7 Å². The minimum atomic E-state index is 0.286. The van der Waals surface area contributed by atoms with Gasteiger partial charge in [0, 0.05) is 24.0 Å². The van der Waals surface area contributed by atoms with E-state index >= 15 is 0 Å². The fraction of sp³-hybridized carbons (Fsp3) is 0.440. The Balaban J connectivity index is 1.10. The molecule has 32 heavy (non-hydrogen) atoms. The van der Waals surface area contributed by atoms with Gasteiger partial charge in [-0.2, -0.15) is 0 Å². The molecule has 1 N–H and O–H groups in total. The number of ether oxygens (including phenoxy) is 4. The van der Waals surface area contributed by atoms with Gasteiger partial charge in [0.05, 0.1) is 43.4 Å². The zero-order chi connectivity index (χ0) is 21.8. The van der Waals surface area contributed by atoms with Crippen LogP contribution in [0.2, 0.25) is 0 Å². The first kappa shape index (κ1) is 21.0. The Hall–Kier alpha value is -2.90. The minimum Gasteiger partial charge on any atom is -0.495 e. The van der Waals surface area contributed by atoms with Crippen molar-refractivity contribution in [2.45, 2.75) is 44.4 Å². The number of benzene rings is 1. The van der Waals surface area contributed by atoms with Crippen molar-refractivity contribution in [3.8, 4) is 17.2 Å². The van der Waals surface area contributed by atoms with Crippen molar-refractivity contribution in [2.24, 2.45) is 0 Å². The minimum absolute atomic E-state index is 0.286. The molecule has 5 rings (SSSR count). The first-order chi connectivity index (χ1) is 15.8. The lowest BCUT2D eigenvalue weighted by atomic mass is 9.97. The number of fused-ring (bicyclic) bond motifs is 2. The van der Waals surface area contributed by atoms with Gasteiger partial charge < -0.3 is 24.3 Å². The summed E-state index contributed by atoms with van der Waals surface area (Å²) in [5.41, 5.74) is 3.25. The summed E-state index contributed by atoms with van der Waals surface area (Å²) in [6.07, 6.45) is 7.93. The van der Waals surface area contributed by atoms with E-state index < -0.39 is 0 Å². The van der Waals surface area contributed by atoms with Crippen LogP contribution in [0.15, 0.2) is 42.7 Å². The zero-order valence-corrected chi connectivity index (χ0v) is 18.4. The van der Waals surface area contributed by atoms with Gasteiger partial charge in [-0.1, -0.05) is 12.1 Å². The summed E-state index contributed by atoms with van der Waals surface area (Å²) >= 11 is 0. The molecular weight excluding hydrogens is 406 g/mol. The molecule has 0 radical (unpaired) electrons. The Labute approximate surface area is 188 Å². The van der Waals surface area contributed by atoms with Crippen molar-refractivity contribution in [3.05, 3.63) is 54.0 Å². The Morgan fingerprint density at radius 2 is 1.97 bits per heavy atom. The normalized spacial score (nSPS) is 20.3. The summed E-state index contributed by atoms with van der Waals surface area (Å²) in [6, 6.07) is 10.7. The van der Waals surface area contributed by atoms with Gasteiger partial charge in [-0.3, -0.25) is 9.97 Å². The fourth-order valence-electron chi connectivity index (χ4n) is 4.37. The van der Waals surface area contributed by atoms with Gasteiger partial charge in [-0.05, 0) is 43.4 Å². The number of pyridine rings is 2. The molecule has 1 fully saturated rings. The van der Waals surface area contributed by atoms with Gasteiger partial charge in [0.25, 0.3) is 0 Å². The molecule has 0 aliphatic carbocycles. The molecule has 0 unspecified atom stereocenters. The first-order valence-electron chi connectivity index (χ1n) is 11.3. The SMILES string of the molecule is COc1cnc2cccc(CC[C@H]3CC[C@@H](NCc4cc5c(cn4)OCCO5)CO3)c2c1. The molecule has 1 aromatic carbocycles. The largest absolute Gasteiger partial charge is 0.495 e. The Bertz CT molecular complexity index is 1070.